The minimum absolute atomic E-state index is 0.282. The molecule has 1 atom stereocenters. The van der Waals surface area contributed by atoms with Crippen molar-refractivity contribution < 1.29 is 4.74 Å². The first-order valence-electron chi connectivity index (χ1n) is 9.36. The first kappa shape index (κ1) is 16.9. The molecule has 4 heterocycles. The molecule has 0 fully saturated rings. The van der Waals surface area contributed by atoms with Crippen molar-refractivity contribution in [3.05, 3.63) is 54.4 Å². The number of hydrogen-bond donors (Lipinski definition) is 1. The minimum Gasteiger partial charge on any atom is -0.383 e. The maximum Gasteiger partial charge on any atom is 0.179 e. The number of rotatable bonds is 6. The zero-order valence-corrected chi connectivity index (χ0v) is 15.6. The molecule has 5 rings (SSSR count). The van der Waals surface area contributed by atoms with E-state index in [1.807, 2.05) is 33.9 Å². The van der Waals surface area contributed by atoms with E-state index in [4.69, 9.17) is 9.72 Å². The first-order valence-corrected chi connectivity index (χ1v) is 9.36. The molecule has 1 aromatic carbocycles. The van der Waals surface area contributed by atoms with Gasteiger partial charge in [-0.1, -0.05) is 23.4 Å². The summed E-state index contributed by atoms with van der Waals surface area (Å²) in [5, 5.41) is 16.5. The summed E-state index contributed by atoms with van der Waals surface area (Å²) in [5.74, 6) is 0. The van der Waals surface area contributed by atoms with E-state index in [0.717, 1.165) is 28.8 Å². The lowest BCUT2D eigenvalue weighted by molar-refractivity contribution is 0.183. The summed E-state index contributed by atoms with van der Waals surface area (Å²) in [6.45, 7) is 2.06. The molecule has 4 aromatic rings. The number of hydrogen-bond acceptors (Lipinski definition) is 6. The fourth-order valence-corrected chi connectivity index (χ4v) is 3.63. The van der Waals surface area contributed by atoms with Crippen molar-refractivity contribution in [2.75, 3.05) is 19.0 Å². The standard InChI is InChI=1S/C20H21N7O/c1-28-9-8-26-12-15(11-21-26)18-6-7-19-20(23-18)27(25-24-19)13-16-10-14-4-2-3-5-17(14)22-16/h2-7,11-12,16,22H,8-10,13H2,1H3. The van der Waals surface area contributed by atoms with Crippen LogP contribution in [0.3, 0.4) is 0 Å². The van der Waals surface area contributed by atoms with Gasteiger partial charge in [0, 0.05) is 30.6 Å². The number of nitrogens with one attached hydrogen (secondary N) is 1. The number of fused-ring (bicyclic) bond motifs is 2. The topological polar surface area (TPSA) is 82.7 Å². The summed E-state index contributed by atoms with van der Waals surface area (Å²) in [7, 11) is 1.69. The zero-order chi connectivity index (χ0) is 18.9. The lowest BCUT2D eigenvalue weighted by atomic mass is 10.1. The summed E-state index contributed by atoms with van der Waals surface area (Å²) in [6.07, 6.45) is 4.78. The van der Waals surface area contributed by atoms with Crippen molar-refractivity contribution in [2.45, 2.75) is 25.6 Å². The summed E-state index contributed by atoms with van der Waals surface area (Å²) in [6, 6.07) is 12.6. The van der Waals surface area contributed by atoms with Gasteiger partial charge >= 0.3 is 0 Å². The monoisotopic (exact) mass is 375 g/mol. The minimum atomic E-state index is 0.282. The number of methoxy groups -OCH3 is 1. The van der Waals surface area contributed by atoms with E-state index in [0.29, 0.717) is 19.7 Å². The van der Waals surface area contributed by atoms with Gasteiger partial charge in [0.25, 0.3) is 0 Å². The lowest BCUT2D eigenvalue weighted by Crippen LogP contribution is -2.23. The van der Waals surface area contributed by atoms with Gasteiger partial charge in [0.15, 0.2) is 5.65 Å². The molecule has 1 aliphatic heterocycles. The van der Waals surface area contributed by atoms with Gasteiger partial charge in [0.2, 0.25) is 0 Å². The number of pyridine rings is 1. The molecule has 8 heteroatoms. The second kappa shape index (κ2) is 7.05. The highest BCUT2D eigenvalue weighted by Gasteiger charge is 2.22. The Morgan fingerprint density at radius 2 is 2.14 bits per heavy atom. The highest BCUT2D eigenvalue weighted by molar-refractivity contribution is 5.74. The second-order valence-corrected chi connectivity index (χ2v) is 7.00. The third kappa shape index (κ3) is 3.11. The molecule has 142 valence electrons. The Bertz CT molecular complexity index is 1090. The van der Waals surface area contributed by atoms with E-state index in [2.05, 4.69) is 45.0 Å². The SMILES string of the molecule is COCCn1cc(-c2ccc3nnn(CC4Cc5ccccc5N4)c3n2)cn1. The van der Waals surface area contributed by atoms with Crippen LogP contribution in [0.2, 0.25) is 0 Å². The molecule has 3 aromatic heterocycles. The first-order chi connectivity index (χ1) is 13.8. The Labute approximate surface area is 162 Å². The smallest absolute Gasteiger partial charge is 0.179 e. The maximum absolute atomic E-state index is 5.11. The average molecular weight is 375 g/mol. The van der Waals surface area contributed by atoms with Crippen LogP contribution in [0.4, 0.5) is 5.69 Å². The van der Waals surface area contributed by atoms with Crippen molar-refractivity contribution in [2.24, 2.45) is 0 Å². The number of anilines is 1. The molecule has 0 bridgehead atoms. The molecule has 0 saturated heterocycles. The zero-order valence-electron chi connectivity index (χ0n) is 15.6. The highest BCUT2D eigenvalue weighted by atomic mass is 16.5. The molecule has 0 amide bonds. The summed E-state index contributed by atoms with van der Waals surface area (Å²) in [4.78, 5) is 4.82. The molecule has 8 nitrogen and oxygen atoms in total. The normalized spacial score (nSPS) is 15.7. The molecule has 1 aliphatic rings. The molecular formula is C20H21N7O. The van der Waals surface area contributed by atoms with Crippen LogP contribution >= 0.6 is 0 Å². The fourth-order valence-electron chi connectivity index (χ4n) is 3.63. The van der Waals surface area contributed by atoms with Crippen LogP contribution in [-0.2, 0) is 24.2 Å². The average Bonchev–Trinajstić information content (AvgIpc) is 3.44. The summed E-state index contributed by atoms with van der Waals surface area (Å²) >= 11 is 0. The van der Waals surface area contributed by atoms with Crippen molar-refractivity contribution in [3.63, 3.8) is 0 Å². The molecule has 0 saturated carbocycles. The predicted octanol–water partition coefficient (Wildman–Crippen LogP) is 2.37. The summed E-state index contributed by atoms with van der Waals surface area (Å²) < 4.78 is 8.86. The van der Waals surface area contributed by atoms with Gasteiger partial charge in [0.1, 0.15) is 5.52 Å². The quantitative estimate of drug-likeness (QED) is 0.557. The Kier molecular flexibility index (Phi) is 4.25. The Balaban J connectivity index is 1.39. The van der Waals surface area contributed by atoms with Gasteiger partial charge in [-0.25, -0.2) is 9.67 Å². The van der Waals surface area contributed by atoms with Crippen molar-refractivity contribution in [3.8, 4) is 11.3 Å². The van der Waals surface area contributed by atoms with E-state index in [1.54, 1.807) is 7.11 Å². The summed E-state index contributed by atoms with van der Waals surface area (Å²) in [5.41, 5.74) is 5.97. The van der Waals surface area contributed by atoms with Crippen LogP contribution < -0.4 is 5.32 Å². The van der Waals surface area contributed by atoms with E-state index >= 15 is 0 Å². The van der Waals surface area contributed by atoms with Crippen LogP contribution in [0, 0.1) is 0 Å². The van der Waals surface area contributed by atoms with Gasteiger partial charge in [-0.2, -0.15) is 5.10 Å². The number of benzene rings is 1. The van der Waals surface area contributed by atoms with Gasteiger partial charge in [0.05, 0.1) is 31.6 Å². The molecule has 0 aliphatic carbocycles. The van der Waals surface area contributed by atoms with Crippen molar-refractivity contribution in [1.82, 2.24) is 29.8 Å². The molecule has 0 radical (unpaired) electrons. The van der Waals surface area contributed by atoms with Crippen LogP contribution in [0.1, 0.15) is 5.56 Å². The van der Waals surface area contributed by atoms with E-state index < -0.39 is 0 Å². The fraction of sp³-hybridized carbons (Fsp3) is 0.300. The second-order valence-electron chi connectivity index (χ2n) is 7.00. The van der Waals surface area contributed by atoms with Gasteiger partial charge in [-0.05, 0) is 30.2 Å². The molecule has 28 heavy (non-hydrogen) atoms. The van der Waals surface area contributed by atoms with Gasteiger partial charge in [-0.15, -0.1) is 5.10 Å². The third-order valence-corrected chi connectivity index (χ3v) is 5.05. The van der Waals surface area contributed by atoms with Crippen molar-refractivity contribution >= 4 is 16.9 Å². The predicted molar refractivity (Wildman–Crippen MR) is 106 cm³/mol. The largest absolute Gasteiger partial charge is 0.383 e. The van der Waals surface area contributed by atoms with Crippen LogP contribution in [0.5, 0.6) is 0 Å². The number of nitrogens with zero attached hydrogens (tertiary/aromatic N) is 6. The molecule has 0 spiro atoms. The van der Waals surface area contributed by atoms with E-state index in [-0.39, 0.29) is 6.04 Å². The lowest BCUT2D eigenvalue weighted by Gasteiger charge is -2.11. The Morgan fingerprint density at radius 3 is 3.04 bits per heavy atom. The van der Waals surface area contributed by atoms with E-state index in [1.165, 1.54) is 11.3 Å². The maximum atomic E-state index is 5.11. The number of aromatic nitrogens is 6. The van der Waals surface area contributed by atoms with Crippen LogP contribution in [0.15, 0.2) is 48.8 Å². The number of ether oxygens (including phenoxy) is 1. The van der Waals surface area contributed by atoms with Gasteiger partial charge in [-0.3, -0.25) is 4.68 Å². The van der Waals surface area contributed by atoms with Crippen LogP contribution in [-0.4, -0.2) is 49.5 Å². The Morgan fingerprint density at radius 1 is 1.21 bits per heavy atom. The molecular weight excluding hydrogens is 354 g/mol. The van der Waals surface area contributed by atoms with Gasteiger partial charge < -0.3 is 10.1 Å². The highest BCUT2D eigenvalue weighted by Crippen LogP contribution is 2.26. The molecule has 1 N–H and O–H groups in total. The van der Waals surface area contributed by atoms with E-state index in [9.17, 15) is 0 Å². The van der Waals surface area contributed by atoms with Crippen LogP contribution in [0.25, 0.3) is 22.4 Å². The Hall–Kier alpha value is -3.26. The number of para-hydroxylation sites is 1. The molecule has 1 unspecified atom stereocenters. The van der Waals surface area contributed by atoms with Crippen molar-refractivity contribution in [1.29, 1.82) is 0 Å². The third-order valence-electron chi connectivity index (χ3n) is 5.05.